The Labute approximate surface area is 280 Å². The van der Waals surface area contributed by atoms with Crippen molar-refractivity contribution in [3.63, 3.8) is 0 Å². The molecule has 11 heteroatoms. The second-order valence-electron chi connectivity index (χ2n) is 13.5. The summed E-state index contributed by atoms with van der Waals surface area (Å²) in [6.07, 6.45) is 14.5. The molecule has 2 unspecified atom stereocenters. The number of nitrogens with one attached hydrogen (secondary N) is 1. The summed E-state index contributed by atoms with van der Waals surface area (Å²) in [6, 6.07) is -1.20. The fourth-order valence-corrected chi connectivity index (χ4v) is 7.88. The molecule has 2 aliphatic heterocycles. The van der Waals surface area contributed by atoms with E-state index < -0.39 is 58.0 Å². The second kappa shape index (κ2) is 22.0. The first-order valence-corrected chi connectivity index (χ1v) is 19.7. The van der Waals surface area contributed by atoms with E-state index in [9.17, 15) is 24.0 Å². The van der Waals surface area contributed by atoms with E-state index in [0.717, 1.165) is 45.1 Å². The number of ether oxygens (including phenoxy) is 2. The molecule has 2 aliphatic rings. The van der Waals surface area contributed by atoms with Crippen molar-refractivity contribution in [2.24, 2.45) is 5.92 Å². The fraction of sp³-hybridized carbons (Fsp3) is 0.941. The molecule has 1 amide bonds. The Hall–Kier alpha value is -0.780. The van der Waals surface area contributed by atoms with Crippen LogP contribution in [-0.2, 0) is 29.9 Å². The number of esters is 1. The maximum absolute atomic E-state index is 13.3. The lowest BCUT2D eigenvalue weighted by Crippen LogP contribution is -2.66. The van der Waals surface area contributed by atoms with Crippen LogP contribution in [0.1, 0.15) is 130 Å². The molecule has 9 nitrogen and oxygen atoms in total. The maximum Gasteiger partial charge on any atom is 0.306 e. The fourth-order valence-electron chi connectivity index (χ4n) is 6.80. The Morgan fingerprint density at radius 3 is 2.02 bits per heavy atom. The Morgan fingerprint density at radius 1 is 0.956 bits per heavy atom. The Bertz CT molecular complexity index is 881. The van der Waals surface area contributed by atoms with Gasteiger partial charge in [-0.2, -0.15) is 0 Å². The zero-order chi connectivity index (χ0) is 33.4. The van der Waals surface area contributed by atoms with Gasteiger partial charge in [0.25, 0.3) is 0 Å². The summed E-state index contributed by atoms with van der Waals surface area (Å²) < 4.78 is 24.3. The van der Waals surface area contributed by atoms with Gasteiger partial charge in [-0.25, -0.2) is 0 Å². The van der Waals surface area contributed by atoms with E-state index in [1.54, 1.807) is 6.92 Å². The number of hydrogen-bond donors (Lipinski definition) is 3. The standard InChI is InChI=1S/C34H63ClN2O7S/c1-6-8-9-10-11-12-13-14-15-16-17-18-19-21-27(38)43-32-30(40)29(39)31(44-34(32)45(5)42)28(24(3)35)36-33(41)26-22-25(20-7-2)23-37(26)4/h24-26,28-32,34,39-40H,6-23H2,1-5H3,(H,36,41)/t24-,25+,26-,28+,29+,30-,31+,32+,34?,45?/m0/s1. The van der Waals surface area contributed by atoms with Crippen molar-refractivity contribution in [3.05, 3.63) is 0 Å². The minimum absolute atomic E-state index is 0.175. The first-order chi connectivity index (χ1) is 21.5. The molecule has 0 aliphatic carbocycles. The monoisotopic (exact) mass is 678 g/mol. The Kier molecular flexibility index (Phi) is 19.7. The summed E-state index contributed by atoms with van der Waals surface area (Å²) in [5.41, 5.74) is -1.18. The number of carbonyl (C=O) groups excluding carboxylic acids is 2. The van der Waals surface area contributed by atoms with Gasteiger partial charge in [0, 0.05) is 19.2 Å². The molecule has 2 heterocycles. The van der Waals surface area contributed by atoms with E-state index in [1.807, 2.05) is 11.9 Å². The molecule has 0 radical (unpaired) electrons. The molecular formula is C34H63ClN2O7S. The molecule has 2 fully saturated rings. The van der Waals surface area contributed by atoms with Crippen LogP contribution in [0, 0.1) is 5.92 Å². The first kappa shape index (κ1) is 40.4. The molecule has 0 aromatic heterocycles. The van der Waals surface area contributed by atoms with Crippen LogP contribution in [0.25, 0.3) is 0 Å². The van der Waals surface area contributed by atoms with E-state index in [0.29, 0.717) is 12.3 Å². The molecular weight excluding hydrogens is 616 g/mol. The largest absolute Gasteiger partial charge is 0.456 e. The number of rotatable bonds is 22. The van der Waals surface area contributed by atoms with E-state index in [-0.39, 0.29) is 18.4 Å². The highest BCUT2D eigenvalue weighted by atomic mass is 35.5. The van der Waals surface area contributed by atoms with Crippen LogP contribution in [0.5, 0.6) is 0 Å². The van der Waals surface area contributed by atoms with Gasteiger partial charge in [-0.15, -0.1) is 11.6 Å². The molecule has 0 saturated carbocycles. The van der Waals surface area contributed by atoms with E-state index in [4.69, 9.17) is 21.1 Å². The average molecular weight is 679 g/mol. The smallest absolute Gasteiger partial charge is 0.306 e. The van der Waals surface area contributed by atoms with Gasteiger partial charge in [-0.1, -0.05) is 97.3 Å². The average Bonchev–Trinajstić information content (AvgIpc) is 3.36. The number of hydrogen-bond acceptors (Lipinski definition) is 8. The maximum atomic E-state index is 13.3. The van der Waals surface area contributed by atoms with Crippen molar-refractivity contribution >= 4 is 34.3 Å². The molecule has 264 valence electrons. The molecule has 0 aromatic rings. The highest BCUT2D eigenvalue weighted by molar-refractivity contribution is 7.84. The predicted octanol–water partition coefficient (Wildman–Crippen LogP) is 5.44. The van der Waals surface area contributed by atoms with Gasteiger partial charge in [0.05, 0.1) is 28.3 Å². The van der Waals surface area contributed by atoms with Crippen LogP contribution in [0.4, 0.5) is 0 Å². The number of unbranched alkanes of at least 4 members (excludes halogenated alkanes) is 12. The van der Waals surface area contributed by atoms with Gasteiger partial charge in [0.2, 0.25) is 5.91 Å². The van der Waals surface area contributed by atoms with Gasteiger partial charge < -0.3 is 25.0 Å². The summed E-state index contributed by atoms with van der Waals surface area (Å²) >= 11 is 6.49. The summed E-state index contributed by atoms with van der Waals surface area (Å²) in [5.74, 6) is -0.310. The molecule has 10 atom stereocenters. The predicted molar refractivity (Wildman–Crippen MR) is 182 cm³/mol. The number of amides is 1. The van der Waals surface area contributed by atoms with Gasteiger partial charge in [-0.05, 0) is 39.2 Å². The van der Waals surface area contributed by atoms with Gasteiger partial charge in [0.15, 0.2) is 11.5 Å². The third-order valence-corrected chi connectivity index (χ3v) is 10.8. The van der Waals surface area contributed by atoms with Crippen molar-refractivity contribution in [2.75, 3.05) is 19.8 Å². The molecule has 2 rings (SSSR count). The summed E-state index contributed by atoms with van der Waals surface area (Å²) in [6.45, 7) is 6.87. The van der Waals surface area contributed by atoms with Crippen LogP contribution in [-0.4, -0.2) is 98.4 Å². The number of likely N-dealkylation sites (tertiary alicyclic amines) is 1. The van der Waals surface area contributed by atoms with Gasteiger partial charge in [-0.3, -0.25) is 18.7 Å². The third-order valence-electron chi connectivity index (χ3n) is 9.45. The summed E-state index contributed by atoms with van der Waals surface area (Å²) in [5, 5.41) is 24.4. The zero-order valence-corrected chi connectivity index (χ0v) is 30.2. The minimum atomic E-state index is -1.66. The minimum Gasteiger partial charge on any atom is -0.456 e. The first-order valence-electron chi connectivity index (χ1n) is 17.7. The Balaban J connectivity index is 1.82. The topological polar surface area (TPSA) is 125 Å². The lowest BCUT2D eigenvalue weighted by Gasteiger charge is -2.45. The second-order valence-corrected chi connectivity index (χ2v) is 15.6. The highest BCUT2D eigenvalue weighted by Gasteiger charge is 2.52. The molecule has 0 aromatic carbocycles. The molecule has 2 saturated heterocycles. The van der Waals surface area contributed by atoms with Crippen LogP contribution in [0.15, 0.2) is 0 Å². The lowest BCUT2D eigenvalue weighted by atomic mass is 9.92. The number of aliphatic hydroxyl groups is 2. The van der Waals surface area contributed by atoms with Crippen LogP contribution in [0.3, 0.4) is 0 Å². The van der Waals surface area contributed by atoms with Crippen molar-refractivity contribution in [3.8, 4) is 0 Å². The quantitative estimate of drug-likeness (QED) is 0.0786. The van der Waals surface area contributed by atoms with Crippen LogP contribution >= 0.6 is 11.6 Å². The Morgan fingerprint density at radius 2 is 1.51 bits per heavy atom. The molecule has 3 N–H and O–H groups in total. The number of halogens is 1. The molecule has 0 bridgehead atoms. The van der Waals surface area contributed by atoms with Crippen molar-refractivity contribution in [1.82, 2.24) is 10.2 Å². The normalized spacial score (nSPS) is 29.3. The van der Waals surface area contributed by atoms with E-state index in [2.05, 4.69) is 19.2 Å². The van der Waals surface area contributed by atoms with Gasteiger partial charge >= 0.3 is 5.97 Å². The number of aliphatic hydroxyl groups excluding tert-OH is 2. The highest BCUT2D eigenvalue weighted by Crippen LogP contribution is 2.31. The summed E-state index contributed by atoms with van der Waals surface area (Å²) in [4.78, 5) is 28.0. The number of nitrogens with zero attached hydrogens (tertiary/aromatic N) is 1. The third kappa shape index (κ3) is 13.7. The number of alkyl halides is 1. The lowest BCUT2D eigenvalue weighted by molar-refractivity contribution is -0.219. The van der Waals surface area contributed by atoms with E-state index >= 15 is 0 Å². The van der Waals surface area contributed by atoms with Crippen LogP contribution < -0.4 is 5.32 Å². The van der Waals surface area contributed by atoms with Gasteiger partial charge in [0.1, 0.15) is 18.3 Å². The zero-order valence-electron chi connectivity index (χ0n) is 28.6. The van der Waals surface area contributed by atoms with E-state index in [1.165, 1.54) is 64.0 Å². The number of carbonyl (C=O) groups is 2. The number of likely N-dealkylation sites (N-methyl/N-ethyl adjacent to an activating group) is 1. The van der Waals surface area contributed by atoms with Crippen molar-refractivity contribution < 1.29 is 33.5 Å². The summed E-state index contributed by atoms with van der Waals surface area (Å²) in [7, 11) is 0.255. The van der Waals surface area contributed by atoms with Crippen molar-refractivity contribution in [1.29, 1.82) is 0 Å². The SMILES string of the molecule is CCCCCCCCCCCCCCCC(=O)O[C@H]1C(S(C)=O)O[C@H]([C@H](NC(=O)[C@@H]2C[C@@H](CCC)CN2C)[C@H](C)Cl)[C@H](O)[C@@H]1O. The van der Waals surface area contributed by atoms with Crippen molar-refractivity contribution in [2.45, 2.75) is 177 Å². The molecule has 0 spiro atoms. The molecule has 45 heavy (non-hydrogen) atoms. The van der Waals surface area contributed by atoms with Crippen LogP contribution in [0.2, 0.25) is 0 Å².